The van der Waals surface area contributed by atoms with Crippen molar-refractivity contribution in [2.75, 3.05) is 5.32 Å². The van der Waals surface area contributed by atoms with Gasteiger partial charge in [0.15, 0.2) is 0 Å². The van der Waals surface area contributed by atoms with E-state index in [0.29, 0.717) is 11.3 Å². The molecule has 0 heterocycles. The van der Waals surface area contributed by atoms with E-state index in [2.05, 4.69) is 41.0 Å². The second-order valence-electron chi connectivity index (χ2n) is 6.69. The van der Waals surface area contributed by atoms with Crippen LogP contribution in [0.1, 0.15) is 29.7 Å². The summed E-state index contributed by atoms with van der Waals surface area (Å²) in [6, 6.07) is 29.0. The molecule has 2 atom stereocenters. The summed E-state index contributed by atoms with van der Waals surface area (Å²) in [5, 5.41) is 15.5. The van der Waals surface area contributed by atoms with E-state index in [4.69, 9.17) is 0 Å². The summed E-state index contributed by atoms with van der Waals surface area (Å²) in [7, 11) is 0. The van der Waals surface area contributed by atoms with E-state index in [9.17, 15) is 10.1 Å². The zero-order valence-corrected chi connectivity index (χ0v) is 15.8. The Kier molecular flexibility index (Phi) is 6.56. The first-order chi connectivity index (χ1) is 13.7. The van der Waals surface area contributed by atoms with Gasteiger partial charge in [0.2, 0.25) is 5.91 Å². The van der Waals surface area contributed by atoms with Crippen molar-refractivity contribution in [2.24, 2.45) is 0 Å². The summed E-state index contributed by atoms with van der Waals surface area (Å²) in [6.07, 6.45) is 0.775. The van der Waals surface area contributed by atoms with E-state index in [1.165, 1.54) is 5.56 Å². The van der Waals surface area contributed by atoms with Crippen molar-refractivity contribution >= 4 is 11.6 Å². The Labute approximate surface area is 165 Å². The van der Waals surface area contributed by atoms with Crippen LogP contribution < -0.4 is 10.6 Å². The molecule has 2 unspecified atom stereocenters. The summed E-state index contributed by atoms with van der Waals surface area (Å²) in [4.78, 5) is 12.7. The number of hydrogen-bond donors (Lipinski definition) is 2. The van der Waals surface area contributed by atoms with E-state index in [0.717, 1.165) is 12.0 Å². The number of anilines is 1. The number of rotatable bonds is 7. The van der Waals surface area contributed by atoms with Gasteiger partial charge in [0, 0.05) is 6.04 Å². The molecule has 0 fully saturated rings. The van der Waals surface area contributed by atoms with Crippen LogP contribution in [0.2, 0.25) is 0 Å². The van der Waals surface area contributed by atoms with Crippen LogP contribution in [0.3, 0.4) is 0 Å². The zero-order valence-electron chi connectivity index (χ0n) is 15.8. The highest BCUT2D eigenvalue weighted by atomic mass is 16.2. The Morgan fingerprint density at radius 2 is 1.54 bits per heavy atom. The van der Waals surface area contributed by atoms with E-state index in [1.807, 2.05) is 43.3 Å². The van der Waals surface area contributed by atoms with Gasteiger partial charge < -0.3 is 5.32 Å². The molecule has 4 heteroatoms. The van der Waals surface area contributed by atoms with Crippen molar-refractivity contribution in [3.05, 3.63) is 102 Å². The Balaban J connectivity index is 1.74. The lowest BCUT2D eigenvalue weighted by Crippen LogP contribution is -2.41. The van der Waals surface area contributed by atoms with Crippen LogP contribution in [0.5, 0.6) is 0 Å². The highest BCUT2D eigenvalue weighted by Crippen LogP contribution is 2.20. The van der Waals surface area contributed by atoms with Crippen LogP contribution in [0.15, 0.2) is 84.9 Å². The molecule has 1 amide bonds. The van der Waals surface area contributed by atoms with Crippen LogP contribution in [-0.2, 0) is 11.2 Å². The van der Waals surface area contributed by atoms with Gasteiger partial charge in [-0.3, -0.25) is 10.1 Å². The van der Waals surface area contributed by atoms with Crippen molar-refractivity contribution in [1.29, 1.82) is 5.26 Å². The van der Waals surface area contributed by atoms with Crippen molar-refractivity contribution in [3.63, 3.8) is 0 Å². The molecule has 3 aromatic carbocycles. The monoisotopic (exact) mass is 369 g/mol. The van der Waals surface area contributed by atoms with E-state index < -0.39 is 6.04 Å². The number of hydrogen-bond acceptors (Lipinski definition) is 3. The number of amides is 1. The molecule has 0 saturated carbocycles. The van der Waals surface area contributed by atoms with Crippen molar-refractivity contribution < 1.29 is 4.79 Å². The fourth-order valence-electron chi connectivity index (χ4n) is 3.12. The fourth-order valence-corrected chi connectivity index (χ4v) is 3.12. The first-order valence-electron chi connectivity index (χ1n) is 9.32. The zero-order chi connectivity index (χ0) is 19.8. The number of carbonyl (C=O) groups is 1. The molecule has 0 bridgehead atoms. The highest BCUT2D eigenvalue weighted by molar-refractivity contribution is 5.95. The average molecular weight is 369 g/mol. The molecule has 3 aromatic rings. The number of nitriles is 1. The lowest BCUT2D eigenvalue weighted by molar-refractivity contribution is -0.118. The first-order valence-corrected chi connectivity index (χ1v) is 9.32. The minimum atomic E-state index is -0.430. The molecule has 140 valence electrons. The predicted molar refractivity (Wildman–Crippen MR) is 112 cm³/mol. The van der Waals surface area contributed by atoms with Crippen LogP contribution in [0.25, 0.3) is 0 Å². The predicted octanol–water partition coefficient (Wildman–Crippen LogP) is 4.46. The SMILES string of the molecule is CC(NC(Cc1ccccc1)c1ccccc1)C(=O)Nc1ccccc1C#N. The third kappa shape index (κ3) is 5.06. The Hall–Kier alpha value is -3.42. The Bertz CT molecular complexity index is 948. The number of nitrogens with zero attached hydrogens (tertiary/aromatic N) is 1. The quantitative estimate of drug-likeness (QED) is 0.646. The van der Waals surface area contributed by atoms with Crippen molar-refractivity contribution in [3.8, 4) is 6.07 Å². The number of nitrogens with one attached hydrogen (secondary N) is 2. The Morgan fingerprint density at radius 1 is 0.929 bits per heavy atom. The maximum atomic E-state index is 12.7. The van der Waals surface area contributed by atoms with Crippen LogP contribution in [0, 0.1) is 11.3 Å². The van der Waals surface area contributed by atoms with Gasteiger partial charge in [-0.2, -0.15) is 5.26 Å². The molecule has 0 spiro atoms. The number of para-hydroxylation sites is 1. The second kappa shape index (κ2) is 9.50. The molecule has 0 radical (unpaired) electrons. The maximum absolute atomic E-state index is 12.7. The lowest BCUT2D eigenvalue weighted by atomic mass is 9.98. The third-order valence-electron chi connectivity index (χ3n) is 4.63. The number of carbonyl (C=O) groups excluding carboxylic acids is 1. The molecule has 0 aliphatic rings. The van der Waals surface area contributed by atoms with Gasteiger partial charge in [-0.05, 0) is 36.6 Å². The van der Waals surface area contributed by atoms with Crippen molar-refractivity contribution in [1.82, 2.24) is 5.32 Å². The molecular weight excluding hydrogens is 346 g/mol. The summed E-state index contributed by atoms with van der Waals surface area (Å²) in [5.41, 5.74) is 3.31. The first kappa shape index (κ1) is 19.3. The molecular formula is C24H23N3O. The lowest BCUT2D eigenvalue weighted by Gasteiger charge is -2.24. The van der Waals surface area contributed by atoms with Crippen LogP contribution in [0.4, 0.5) is 5.69 Å². The van der Waals surface area contributed by atoms with Gasteiger partial charge in [0.05, 0.1) is 17.3 Å². The fraction of sp³-hybridized carbons (Fsp3) is 0.167. The molecule has 2 N–H and O–H groups in total. The molecule has 4 nitrogen and oxygen atoms in total. The van der Waals surface area contributed by atoms with Gasteiger partial charge in [-0.25, -0.2) is 0 Å². The van der Waals surface area contributed by atoms with Crippen LogP contribution in [-0.4, -0.2) is 11.9 Å². The topological polar surface area (TPSA) is 64.9 Å². The van der Waals surface area contributed by atoms with E-state index in [1.54, 1.807) is 24.3 Å². The Morgan fingerprint density at radius 3 is 2.21 bits per heavy atom. The summed E-state index contributed by atoms with van der Waals surface area (Å²) in [5.74, 6) is -0.170. The molecule has 3 rings (SSSR count). The van der Waals surface area contributed by atoms with Gasteiger partial charge in [-0.15, -0.1) is 0 Å². The maximum Gasteiger partial charge on any atom is 0.241 e. The highest BCUT2D eigenvalue weighted by Gasteiger charge is 2.20. The molecule has 0 saturated heterocycles. The second-order valence-corrected chi connectivity index (χ2v) is 6.69. The molecule has 0 aliphatic carbocycles. The van der Waals surface area contributed by atoms with E-state index in [-0.39, 0.29) is 11.9 Å². The summed E-state index contributed by atoms with van der Waals surface area (Å²) < 4.78 is 0. The van der Waals surface area contributed by atoms with Gasteiger partial charge in [0.25, 0.3) is 0 Å². The molecule has 0 aromatic heterocycles. The van der Waals surface area contributed by atoms with E-state index >= 15 is 0 Å². The number of benzene rings is 3. The minimum absolute atomic E-state index is 0.00411. The standard InChI is InChI=1S/C24H23N3O/c1-18(24(28)27-22-15-9-8-14-21(22)17-25)26-23(20-12-6-3-7-13-20)16-19-10-4-2-5-11-19/h2-15,18,23,26H,16H2,1H3,(H,27,28). The summed E-state index contributed by atoms with van der Waals surface area (Å²) >= 11 is 0. The van der Waals surface area contributed by atoms with Crippen molar-refractivity contribution in [2.45, 2.75) is 25.4 Å². The van der Waals surface area contributed by atoms with Gasteiger partial charge in [0.1, 0.15) is 6.07 Å². The summed E-state index contributed by atoms with van der Waals surface area (Å²) in [6.45, 7) is 1.84. The smallest absolute Gasteiger partial charge is 0.241 e. The largest absolute Gasteiger partial charge is 0.324 e. The third-order valence-corrected chi connectivity index (χ3v) is 4.63. The molecule has 28 heavy (non-hydrogen) atoms. The normalized spacial score (nSPS) is 12.6. The van der Waals surface area contributed by atoms with Crippen LogP contribution >= 0.6 is 0 Å². The minimum Gasteiger partial charge on any atom is -0.324 e. The average Bonchev–Trinajstić information content (AvgIpc) is 2.75. The van der Waals surface area contributed by atoms with Gasteiger partial charge in [-0.1, -0.05) is 72.8 Å². The van der Waals surface area contributed by atoms with Gasteiger partial charge >= 0.3 is 0 Å². The molecule has 0 aliphatic heterocycles.